The molecule has 0 saturated carbocycles. The Morgan fingerprint density at radius 3 is 2.52 bits per heavy atom. The molecule has 1 aromatic carbocycles. The van der Waals surface area contributed by atoms with Crippen molar-refractivity contribution in [3.63, 3.8) is 0 Å². The molecule has 11 nitrogen and oxygen atoms in total. The maximum absolute atomic E-state index is 12.8. The molecule has 1 heterocycles. The number of imide groups is 1. The molecule has 0 aliphatic carbocycles. The van der Waals surface area contributed by atoms with E-state index in [1.165, 1.54) is 21.1 Å². The van der Waals surface area contributed by atoms with Crippen LogP contribution in [0.15, 0.2) is 34.3 Å². The van der Waals surface area contributed by atoms with Crippen LogP contribution in [0, 0.1) is 0 Å². The number of amides is 3. The molecule has 0 radical (unpaired) electrons. The minimum Gasteiger partial charge on any atom is -0.338 e. The molecule has 3 amide bonds. The lowest BCUT2D eigenvalue weighted by atomic mass is 10.2. The quantitative estimate of drug-likeness (QED) is 0.363. The van der Waals surface area contributed by atoms with Gasteiger partial charge in [0.15, 0.2) is 5.82 Å². The van der Waals surface area contributed by atoms with Crippen molar-refractivity contribution in [3.05, 3.63) is 24.3 Å². The fourth-order valence-electron chi connectivity index (χ4n) is 2.69. The molecule has 2 rings (SSSR count). The summed E-state index contributed by atoms with van der Waals surface area (Å²) in [5, 5.41) is 12.3. The topological polar surface area (TPSA) is 152 Å². The van der Waals surface area contributed by atoms with Gasteiger partial charge in [-0.3, -0.25) is 10.1 Å². The Labute approximate surface area is 185 Å². The zero-order chi connectivity index (χ0) is 23.2. The maximum atomic E-state index is 12.8. The fourth-order valence-corrected chi connectivity index (χ4v) is 4.97. The van der Waals surface area contributed by atoms with Gasteiger partial charge in [0.25, 0.3) is 0 Å². The summed E-state index contributed by atoms with van der Waals surface area (Å²) in [5.74, 6) is 5.84. The van der Waals surface area contributed by atoms with E-state index in [0.717, 1.165) is 11.8 Å². The smallest absolute Gasteiger partial charge is 0.321 e. The van der Waals surface area contributed by atoms with Gasteiger partial charge in [0, 0.05) is 25.2 Å². The van der Waals surface area contributed by atoms with E-state index in [-0.39, 0.29) is 15.9 Å². The summed E-state index contributed by atoms with van der Waals surface area (Å²) >= 11 is 1.02. The van der Waals surface area contributed by atoms with Crippen LogP contribution in [0.1, 0.15) is 27.7 Å². The van der Waals surface area contributed by atoms with E-state index in [1.54, 1.807) is 39.8 Å². The van der Waals surface area contributed by atoms with Gasteiger partial charge in [-0.25, -0.2) is 17.9 Å². The molecule has 170 valence electrons. The summed E-state index contributed by atoms with van der Waals surface area (Å²) < 4.78 is 28.1. The first-order chi connectivity index (χ1) is 14.6. The third-order valence-electron chi connectivity index (χ3n) is 4.33. The number of hydrogen-bond donors (Lipinski definition) is 3. The average Bonchev–Trinajstić information content (AvgIpc) is 3.09. The summed E-state index contributed by atoms with van der Waals surface area (Å²) in [6.45, 7) is 7.99. The van der Waals surface area contributed by atoms with E-state index >= 15 is 0 Å². The molecule has 2 aromatic rings. The van der Waals surface area contributed by atoms with E-state index in [2.05, 4.69) is 20.8 Å². The number of nitrogens with one attached hydrogen (secondary N) is 2. The Balaban J connectivity index is 2.24. The monoisotopic (exact) mass is 469 g/mol. The summed E-state index contributed by atoms with van der Waals surface area (Å²) in [6.07, 6.45) is 0. The summed E-state index contributed by atoms with van der Waals surface area (Å²) in [7, 11) is -3.65. The lowest BCUT2D eigenvalue weighted by Crippen LogP contribution is -2.42. The number of nitrogen functional groups attached to an aromatic ring is 1. The van der Waals surface area contributed by atoms with Crippen molar-refractivity contribution in [2.75, 3.05) is 25.5 Å². The molecular formula is C18H27N7O4S2. The van der Waals surface area contributed by atoms with Crippen molar-refractivity contribution in [1.82, 2.24) is 29.8 Å². The van der Waals surface area contributed by atoms with Crippen LogP contribution in [-0.4, -0.2) is 64.4 Å². The SMILES string of the molecule is CCNC(=O)NC(=O)C(C)Sc1nnc(-c2cccc(S(=O)(=O)N(CC)CC)c2)n1N. The standard InChI is InChI=1S/C18H27N7O4S2/c1-5-20-17(27)21-16(26)12(4)30-18-23-22-15(25(18)19)13-9-8-10-14(11-13)31(28,29)24(6-2)7-3/h8-12H,5-7,19H2,1-4H3,(H2,20,21,26,27). The van der Waals surface area contributed by atoms with Crippen molar-refractivity contribution in [1.29, 1.82) is 0 Å². The van der Waals surface area contributed by atoms with E-state index in [4.69, 9.17) is 5.84 Å². The lowest BCUT2D eigenvalue weighted by molar-refractivity contribution is -0.119. The highest BCUT2D eigenvalue weighted by Crippen LogP contribution is 2.27. The number of carbonyl (C=O) groups is 2. The highest BCUT2D eigenvalue weighted by atomic mass is 32.2. The molecular weight excluding hydrogens is 442 g/mol. The van der Waals surface area contributed by atoms with Crippen LogP contribution in [0.3, 0.4) is 0 Å². The van der Waals surface area contributed by atoms with Crippen LogP contribution in [0.25, 0.3) is 11.4 Å². The van der Waals surface area contributed by atoms with Crippen molar-refractivity contribution < 1.29 is 18.0 Å². The zero-order valence-corrected chi connectivity index (χ0v) is 19.5. The molecule has 4 N–H and O–H groups in total. The first kappa shape index (κ1) is 24.6. The fraction of sp³-hybridized carbons (Fsp3) is 0.444. The number of sulfonamides is 1. The van der Waals surface area contributed by atoms with Crippen molar-refractivity contribution >= 4 is 33.7 Å². The molecule has 1 unspecified atom stereocenters. The van der Waals surface area contributed by atoms with Gasteiger partial charge in [0.05, 0.1) is 10.1 Å². The third-order valence-corrected chi connectivity index (χ3v) is 7.43. The van der Waals surface area contributed by atoms with Gasteiger partial charge in [0.1, 0.15) is 0 Å². The Morgan fingerprint density at radius 2 is 1.90 bits per heavy atom. The molecule has 0 aliphatic heterocycles. The molecule has 31 heavy (non-hydrogen) atoms. The van der Waals surface area contributed by atoms with Gasteiger partial charge < -0.3 is 11.2 Å². The molecule has 0 bridgehead atoms. The van der Waals surface area contributed by atoms with Crippen LogP contribution >= 0.6 is 11.8 Å². The number of thioether (sulfide) groups is 1. The third kappa shape index (κ3) is 5.74. The number of nitrogens with two attached hydrogens (primary N) is 1. The molecule has 0 fully saturated rings. The zero-order valence-electron chi connectivity index (χ0n) is 17.8. The Kier molecular flexibility index (Phi) is 8.42. The summed E-state index contributed by atoms with van der Waals surface area (Å²) in [4.78, 5) is 23.8. The van der Waals surface area contributed by atoms with Crippen LogP contribution in [0.4, 0.5) is 4.79 Å². The normalized spacial score (nSPS) is 12.5. The lowest BCUT2D eigenvalue weighted by Gasteiger charge is -2.18. The Hall–Kier alpha value is -2.64. The van der Waals surface area contributed by atoms with E-state index < -0.39 is 27.2 Å². The predicted octanol–water partition coefficient (Wildman–Crippen LogP) is 1.02. The molecule has 0 spiro atoms. The number of hydrogen-bond acceptors (Lipinski definition) is 8. The van der Waals surface area contributed by atoms with Crippen LogP contribution in [0.5, 0.6) is 0 Å². The molecule has 13 heteroatoms. The van der Waals surface area contributed by atoms with Crippen molar-refractivity contribution in [3.8, 4) is 11.4 Å². The molecule has 0 saturated heterocycles. The second-order valence-electron chi connectivity index (χ2n) is 6.40. The number of rotatable bonds is 9. The average molecular weight is 470 g/mol. The molecule has 0 aliphatic rings. The van der Waals surface area contributed by atoms with Crippen molar-refractivity contribution in [2.45, 2.75) is 43.0 Å². The number of aromatic nitrogens is 3. The molecule has 1 atom stereocenters. The Bertz CT molecular complexity index is 1040. The Morgan fingerprint density at radius 1 is 1.23 bits per heavy atom. The minimum absolute atomic E-state index is 0.126. The number of benzene rings is 1. The first-order valence-corrected chi connectivity index (χ1v) is 12.0. The highest BCUT2D eigenvalue weighted by molar-refractivity contribution is 8.00. The van der Waals surface area contributed by atoms with Gasteiger partial charge in [-0.1, -0.05) is 37.7 Å². The van der Waals surface area contributed by atoms with Crippen LogP contribution in [0.2, 0.25) is 0 Å². The van der Waals surface area contributed by atoms with Crippen LogP contribution in [-0.2, 0) is 14.8 Å². The van der Waals surface area contributed by atoms with Gasteiger partial charge in [-0.15, -0.1) is 10.2 Å². The van der Waals surface area contributed by atoms with Crippen LogP contribution < -0.4 is 16.5 Å². The van der Waals surface area contributed by atoms with Gasteiger partial charge in [-0.2, -0.15) is 4.31 Å². The number of urea groups is 1. The maximum Gasteiger partial charge on any atom is 0.321 e. The highest BCUT2D eigenvalue weighted by Gasteiger charge is 2.24. The second-order valence-corrected chi connectivity index (χ2v) is 9.65. The molecule has 1 aromatic heterocycles. The van der Waals surface area contributed by atoms with Gasteiger partial charge >= 0.3 is 6.03 Å². The van der Waals surface area contributed by atoms with Crippen molar-refractivity contribution in [2.24, 2.45) is 0 Å². The number of nitrogens with zero attached hydrogens (tertiary/aromatic N) is 4. The minimum atomic E-state index is -3.65. The van der Waals surface area contributed by atoms with E-state index in [1.807, 2.05) is 0 Å². The largest absolute Gasteiger partial charge is 0.338 e. The second kappa shape index (κ2) is 10.6. The van der Waals surface area contributed by atoms with Gasteiger partial charge in [0.2, 0.25) is 21.1 Å². The van der Waals surface area contributed by atoms with E-state index in [9.17, 15) is 18.0 Å². The summed E-state index contributed by atoms with van der Waals surface area (Å²) in [6, 6.07) is 5.70. The first-order valence-electron chi connectivity index (χ1n) is 9.72. The van der Waals surface area contributed by atoms with E-state index in [0.29, 0.717) is 25.2 Å². The number of carbonyl (C=O) groups excluding carboxylic acids is 2. The summed E-state index contributed by atoms with van der Waals surface area (Å²) in [5.41, 5.74) is 0.467. The van der Waals surface area contributed by atoms with Gasteiger partial charge in [-0.05, 0) is 26.0 Å². The predicted molar refractivity (Wildman–Crippen MR) is 118 cm³/mol.